The Kier molecular flexibility index (Phi) is 3.10. The van der Waals surface area contributed by atoms with Gasteiger partial charge in [-0.15, -0.1) is 0 Å². The third-order valence-electron chi connectivity index (χ3n) is 2.98. The Morgan fingerprint density at radius 1 is 1.00 bits per heavy atom. The lowest BCUT2D eigenvalue weighted by atomic mass is 10.1. The largest absolute Gasteiger partial charge is 0.228 e. The van der Waals surface area contributed by atoms with E-state index in [9.17, 15) is 8.78 Å². The standard InChI is InChI=1S/C15H9ClF2N2/c1-8-2-4-10(12(18)6-8)15-19-13-5-3-9(17)7-11(13)14(16)20-15/h2-7H,1H3. The molecule has 0 bridgehead atoms. The first-order valence-corrected chi connectivity index (χ1v) is 6.32. The number of benzene rings is 2. The molecule has 100 valence electrons. The summed E-state index contributed by atoms with van der Waals surface area (Å²) in [6.07, 6.45) is 0. The minimum Gasteiger partial charge on any atom is -0.228 e. The molecule has 0 amide bonds. The fraction of sp³-hybridized carbons (Fsp3) is 0.0667. The van der Waals surface area contributed by atoms with Crippen molar-refractivity contribution in [3.8, 4) is 11.4 Å². The summed E-state index contributed by atoms with van der Waals surface area (Å²) >= 11 is 6.03. The summed E-state index contributed by atoms with van der Waals surface area (Å²) in [5.74, 6) is -0.647. The first-order valence-electron chi connectivity index (χ1n) is 5.94. The summed E-state index contributed by atoms with van der Waals surface area (Å²) < 4.78 is 27.1. The van der Waals surface area contributed by atoms with Crippen molar-refractivity contribution in [2.75, 3.05) is 0 Å². The maximum Gasteiger partial charge on any atom is 0.164 e. The fourth-order valence-corrected chi connectivity index (χ4v) is 2.22. The molecule has 2 aromatic carbocycles. The van der Waals surface area contributed by atoms with E-state index < -0.39 is 11.6 Å². The summed E-state index contributed by atoms with van der Waals surface area (Å²) in [5, 5.41) is 0.507. The number of hydrogen-bond donors (Lipinski definition) is 0. The summed E-state index contributed by atoms with van der Waals surface area (Å²) in [5.41, 5.74) is 1.55. The number of rotatable bonds is 1. The van der Waals surface area contributed by atoms with Crippen molar-refractivity contribution in [1.29, 1.82) is 0 Å². The Labute approximate surface area is 119 Å². The molecule has 20 heavy (non-hydrogen) atoms. The lowest BCUT2D eigenvalue weighted by Crippen LogP contribution is -1.95. The molecule has 0 aliphatic carbocycles. The van der Waals surface area contributed by atoms with Crippen molar-refractivity contribution in [2.24, 2.45) is 0 Å². The molecular formula is C15H9ClF2N2. The smallest absolute Gasteiger partial charge is 0.164 e. The zero-order valence-electron chi connectivity index (χ0n) is 10.5. The van der Waals surface area contributed by atoms with Crippen LogP contribution in [0.4, 0.5) is 8.78 Å². The molecule has 0 atom stereocenters. The Morgan fingerprint density at radius 3 is 2.55 bits per heavy atom. The van der Waals surface area contributed by atoms with E-state index in [-0.39, 0.29) is 16.5 Å². The molecule has 0 unspecified atom stereocenters. The van der Waals surface area contributed by atoms with Gasteiger partial charge in [0.25, 0.3) is 0 Å². The number of hydrogen-bond acceptors (Lipinski definition) is 2. The Bertz CT molecular complexity index is 818. The molecule has 0 fully saturated rings. The van der Waals surface area contributed by atoms with Crippen LogP contribution in [0.1, 0.15) is 5.56 Å². The van der Waals surface area contributed by atoms with Gasteiger partial charge in [-0.1, -0.05) is 17.7 Å². The highest BCUT2D eigenvalue weighted by molar-refractivity contribution is 6.34. The second kappa shape index (κ2) is 4.80. The van der Waals surface area contributed by atoms with E-state index in [0.29, 0.717) is 10.9 Å². The van der Waals surface area contributed by atoms with Gasteiger partial charge in [-0.05, 0) is 42.8 Å². The number of fused-ring (bicyclic) bond motifs is 1. The van der Waals surface area contributed by atoms with Crippen LogP contribution in [0, 0.1) is 18.6 Å². The van der Waals surface area contributed by atoms with Crippen molar-refractivity contribution < 1.29 is 8.78 Å². The van der Waals surface area contributed by atoms with Crippen LogP contribution in [-0.2, 0) is 0 Å². The minimum atomic E-state index is -0.419. The number of aryl methyl sites for hydroxylation is 1. The summed E-state index contributed by atoms with van der Waals surface area (Å²) in [6.45, 7) is 1.80. The second-order valence-electron chi connectivity index (χ2n) is 4.48. The monoisotopic (exact) mass is 290 g/mol. The third kappa shape index (κ3) is 2.23. The van der Waals surface area contributed by atoms with Crippen LogP contribution in [0.5, 0.6) is 0 Å². The van der Waals surface area contributed by atoms with Gasteiger partial charge < -0.3 is 0 Å². The van der Waals surface area contributed by atoms with Crippen molar-refractivity contribution in [2.45, 2.75) is 6.92 Å². The van der Waals surface area contributed by atoms with Gasteiger partial charge >= 0.3 is 0 Å². The molecule has 5 heteroatoms. The van der Waals surface area contributed by atoms with Crippen LogP contribution < -0.4 is 0 Å². The molecule has 1 heterocycles. The van der Waals surface area contributed by atoms with Gasteiger partial charge in [0, 0.05) is 5.39 Å². The van der Waals surface area contributed by atoms with Crippen LogP contribution in [0.15, 0.2) is 36.4 Å². The molecule has 0 N–H and O–H groups in total. The lowest BCUT2D eigenvalue weighted by molar-refractivity contribution is 0.628. The molecule has 0 saturated heterocycles. The zero-order chi connectivity index (χ0) is 14.3. The van der Waals surface area contributed by atoms with Gasteiger partial charge in [0.15, 0.2) is 5.82 Å². The average Bonchev–Trinajstić information content (AvgIpc) is 2.39. The molecule has 0 saturated carbocycles. The highest BCUT2D eigenvalue weighted by Gasteiger charge is 2.12. The van der Waals surface area contributed by atoms with E-state index in [2.05, 4.69) is 9.97 Å². The van der Waals surface area contributed by atoms with E-state index in [0.717, 1.165) is 5.56 Å². The molecule has 0 aliphatic rings. The Hall–Kier alpha value is -2.07. The molecule has 1 aromatic heterocycles. The van der Waals surface area contributed by atoms with Gasteiger partial charge in [-0.3, -0.25) is 0 Å². The first-order chi connectivity index (χ1) is 9.54. The van der Waals surface area contributed by atoms with Crippen molar-refractivity contribution >= 4 is 22.5 Å². The molecule has 3 aromatic rings. The predicted molar refractivity (Wildman–Crippen MR) is 74.6 cm³/mol. The van der Waals surface area contributed by atoms with Crippen LogP contribution >= 0.6 is 11.6 Å². The molecule has 0 aliphatic heterocycles. The van der Waals surface area contributed by atoms with Crippen LogP contribution in [0.25, 0.3) is 22.3 Å². The summed E-state index contributed by atoms with van der Waals surface area (Å²) in [6, 6.07) is 8.80. The van der Waals surface area contributed by atoms with Gasteiger partial charge in [-0.25, -0.2) is 18.7 Å². The topological polar surface area (TPSA) is 25.8 Å². The van der Waals surface area contributed by atoms with Crippen LogP contribution in [-0.4, -0.2) is 9.97 Å². The van der Waals surface area contributed by atoms with E-state index in [1.54, 1.807) is 19.1 Å². The van der Waals surface area contributed by atoms with Crippen LogP contribution in [0.2, 0.25) is 5.15 Å². The average molecular weight is 291 g/mol. The molecule has 0 spiro atoms. The predicted octanol–water partition coefficient (Wildman–Crippen LogP) is 4.54. The van der Waals surface area contributed by atoms with Gasteiger partial charge in [0.2, 0.25) is 0 Å². The van der Waals surface area contributed by atoms with E-state index in [1.807, 2.05) is 0 Å². The van der Waals surface area contributed by atoms with Crippen molar-refractivity contribution in [3.05, 3.63) is 58.7 Å². The van der Waals surface area contributed by atoms with Crippen LogP contribution in [0.3, 0.4) is 0 Å². The normalized spacial score (nSPS) is 11.0. The summed E-state index contributed by atoms with van der Waals surface area (Å²) in [4.78, 5) is 8.29. The maximum absolute atomic E-state index is 13.9. The van der Waals surface area contributed by atoms with E-state index in [1.165, 1.54) is 24.3 Å². The lowest BCUT2D eigenvalue weighted by Gasteiger charge is -2.06. The SMILES string of the molecule is Cc1ccc(-c2nc(Cl)c3cc(F)ccc3n2)c(F)c1. The van der Waals surface area contributed by atoms with Gasteiger partial charge in [0.05, 0.1) is 11.1 Å². The Balaban J connectivity index is 2.24. The molecule has 2 nitrogen and oxygen atoms in total. The highest BCUT2D eigenvalue weighted by atomic mass is 35.5. The first kappa shape index (κ1) is 12.9. The molecule has 3 rings (SSSR count). The quantitative estimate of drug-likeness (QED) is 0.615. The number of halogens is 3. The molecular weight excluding hydrogens is 282 g/mol. The number of aromatic nitrogens is 2. The second-order valence-corrected chi connectivity index (χ2v) is 4.84. The molecule has 0 radical (unpaired) electrons. The van der Waals surface area contributed by atoms with E-state index >= 15 is 0 Å². The van der Waals surface area contributed by atoms with Crippen molar-refractivity contribution in [1.82, 2.24) is 9.97 Å². The maximum atomic E-state index is 13.9. The number of nitrogens with zero attached hydrogens (tertiary/aromatic N) is 2. The van der Waals surface area contributed by atoms with Gasteiger partial charge in [-0.2, -0.15) is 0 Å². The minimum absolute atomic E-state index is 0.101. The van der Waals surface area contributed by atoms with E-state index in [4.69, 9.17) is 11.6 Å². The zero-order valence-corrected chi connectivity index (χ0v) is 11.2. The third-order valence-corrected chi connectivity index (χ3v) is 3.26. The fourth-order valence-electron chi connectivity index (χ4n) is 1.99. The van der Waals surface area contributed by atoms with Gasteiger partial charge in [0.1, 0.15) is 16.8 Å². The van der Waals surface area contributed by atoms with Crippen molar-refractivity contribution in [3.63, 3.8) is 0 Å². The summed E-state index contributed by atoms with van der Waals surface area (Å²) in [7, 11) is 0. The Morgan fingerprint density at radius 2 is 1.80 bits per heavy atom. The highest BCUT2D eigenvalue weighted by Crippen LogP contribution is 2.27.